The standard InChI is InChI=1S/C27H31FN8O/c1-17-8-20-22(12-32(17)14-25(37)34-15-27(16-34)6-3-7-27)31-35-18(2)11-33(13-24(20)35)23-5-4-19(9-29)36-26(23)21(28)10-30-36/h4-5,10,17-18H,3,6-8,11-16H2,1-2H3/t17-,18+/m0/s1. The molecule has 3 aliphatic heterocycles. The van der Waals surface area contributed by atoms with E-state index in [1.165, 1.54) is 35.5 Å². The minimum absolute atomic E-state index is 0.0983. The molecule has 6 heterocycles. The molecule has 10 heteroatoms. The van der Waals surface area contributed by atoms with Gasteiger partial charge in [0.05, 0.1) is 42.4 Å². The van der Waals surface area contributed by atoms with E-state index in [2.05, 4.69) is 39.5 Å². The van der Waals surface area contributed by atoms with Crippen molar-refractivity contribution in [3.05, 3.63) is 46.8 Å². The Bertz CT molecular complexity index is 1460. The van der Waals surface area contributed by atoms with E-state index in [0.29, 0.717) is 42.8 Å². The number of hydrogen-bond donors (Lipinski definition) is 0. The van der Waals surface area contributed by atoms with Crippen LogP contribution in [0.2, 0.25) is 0 Å². The van der Waals surface area contributed by atoms with E-state index in [4.69, 9.17) is 5.10 Å². The molecule has 0 N–H and O–H groups in total. The highest BCUT2D eigenvalue weighted by Crippen LogP contribution is 2.48. The number of fused-ring (bicyclic) bond motifs is 4. The summed E-state index contributed by atoms with van der Waals surface area (Å²) >= 11 is 0. The second kappa shape index (κ2) is 8.02. The summed E-state index contributed by atoms with van der Waals surface area (Å²) in [6, 6.07) is 5.95. The number of halogens is 1. The molecule has 1 aliphatic carbocycles. The lowest BCUT2D eigenvalue weighted by Gasteiger charge is -2.56. The molecule has 9 nitrogen and oxygen atoms in total. The Labute approximate surface area is 215 Å². The van der Waals surface area contributed by atoms with Crippen molar-refractivity contribution in [2.24, 2.45) is 5.41 Å². The van der Waals surface area contributed by atoms with Crippen LogP contribution >= 0.6 is 0 Å². The summed E-state index contributed by atoms with van der Waals surface area (Å²) in [5, 5.41) is 18.5. The van der Waals surface area contributed by atoms with Crippen LogP contribution in [-0.4, -0.2) is 67.3 Å². The number of likely N-dealkylation sites (tertiary alicyclic amines) is 1. The Morgan fingerprint density at radius 1 is 1.22 bits per heavy atom. The number of anilines is 1. The highest BCUT2D eigenvalue weighted by atomic mass is 19.1. The summed E-state index contributed by atoms with van der Waals surface area (Å²) in [6.07, 6.45) is 5.87. The molecule has 1 saturated carbocycles. The van der Waals surface area contributed by atoms with E-state index in [9.17, 15) is 14.4 Å². The fraction of sp³-hybridized carbons (Fsp3) is 0.556. The summed E-state index contributed by atoms with van der Waals surface area (Å²) in [7, 11) is 0. The monoisotopic (exact) mass is 502 g/mol. The number of nitrogens with zero attached hydrogens (tertiary/aromatic N) is 8. The first-order valence-corrected chi connectivity index (χ1v) is 13.3. The third kappa shape index (κ3) is 3.40. The Balaban J connectivity index is 1.13. The summed E-state index contributed by atoms with van der Waals surface area (Å²) in [6.45, 7) is 8.61. The van der Waals surface area contributed by atoms with Crippen LogP contribution in [-0.2, 0) is 24.3 Å². The fourth-order valence-electron chi connectivity index (χ4n) is 6.86. The lowest BCUT2D eigenvalue weighted by atomic mass is 9.63. The molecule has 2 atom stereocenters. The van der Waals surface area contributed by atoms with Crippen molar-refractivity contribution in [1.29, 1.82) is 5.26 Å². The molecule has 192 valence electrons. The Morgan fingerprint density at radius 2 is 2.03 bits per heavy atom. The van der Waals surface area contributed by atoms with Gasteiger partial charge in [0.25, 0.3) is 0 Å². The molecule has 0 bridgehead atoms. The minimum Gasteiger partial charge on any atom is -0.362 e. The van der Waals surface area contributed by atoms with Crippen LogP contribution in [0.1, 0.15) is 61.8 Å². The quantitative estimate of drug-likeness (QED) is 0.548. The van der Waals surface area contributed by atoms with Crippen molar-refractivity contribution >= 4 is 17.1 Å². The summed E-state index contributed by atoms with van der Waals surface area (Å²) in [4.78, 5) is 19.5. The minimum atomic E-state index is -0.430. The van der Waals surface area contributed by atoms with E-state index >= 15 is 0 Å². The zero-order valence-corrected chi connectivity index (χ0v) is 21.3. The van der Waals surface area contributed by atoms with E-state index in [0.717, 1.165) is 36.6 Å². The third-order valence-corrected chi connectivity index (χ3v) is 9.13. The van der Waals surface area contributed by atoms with Crippen LogP contribution in [0.4, 0.5) is 10.1 Å². The second-order valence-electron chi connectivity index (χ2n) is 11.6. The van der Waals surface area contributed by atoms with Gasteiger partial charge < -0.3 is 9.80 Å². The number of carbonyl (C=O) groups excluding carboxylic acids is 1. The maximum atomic E-state index is 14.8. The molecule has 1 saturated heterocycles. The average Bonchev–Trinajstić information content (AvgIpc) is 3.38. The molecule has 7 rings (SSSR count). The molecular weight excluding hydrogens is 471 g/mol. The molecule has 4 aliphatic rings. The van der Waals surface area contributed by atoms with Crippen LogP contribution in [0.25, 0.3) is 5.52 Å². The van der Waals surface area contributed by atoms with E-state index < -0.39 is 5.82 Å². The van der Waals surface area contributed by atoms with Crippen LogP contribution in [0.5, 0.6) is 0 Å². The first kappa shape index (κ1) is 22.7. The van der Waals surface area contributed by atoms with Gasteiger partial charge in [0.15, 0.2) is 5.82 Å². The van der Waals surface area contributed by atoms with Gasteiger partial charge in [0, 0.05) is 43.2 Å². The fourth-order valence-corrected chi connectivity index (χ4v) is 6.86. The average molecular weight is 503 g/mol. The summed E-state index contributed by atoms with van der Waals surface area (Å²) in [5.41, 5.74) is 5.28. The van der Waals surface area contributed by atoms with Crippen molar-refractivity contribution in [2.45, 2.75) is 64.7 Å². The first-order chi connectivity index (χ1) is 17.9. The van der Waals surface area contributed by atoms with E-state index in [1.807, 2.05) is 11.0 Å². The zero-order chi connectivity index (χ0) is 25.5. The van der Waals surface area contributed by atoms with Crippen molar-refractivity contribution in [2.75, 3.05) is 31.1 Å². The maximum absolute atomic E-state index is 14.8. The number of pyridine rings is 1. The predicted octanol–water partition coefficient (Wildman–Crippen LogP) is 2.88. The van der Waals surface area contributed by atoms with Gasteiger partial charge in [-0.25, -0.2) is 8.91 Å². The number of carbonyl (C=O) groups is 1. The Kier molecular flexibility index (Phi) is 4.93. The Morgan fingerprint density at radius 3 is 2.76 bits per heavy atom. The molecule has 0 unspecified atom stereocenters. The van der Waals surface area contributed by atoms with Gasteiger partial charge in [0.1, 0.15) is 17.3 Å². The normalized spacial score (nSPS) is 24.4. The number of hydrogen-bond acceptors (Lipinski definition) is 6. The van der Waals surface area contributed by atoms with Gasteiger partial charge in [-0.15, -0.1) is 0 Å². The molecule has 2 fully saturated rings. The van der Waals surface area contributed by atoms with Crippen LogP contribution in [0.15, 0.2) is 18.3 Å². The van der Waals surface area contributed by atoms with Gasteiger partial charge in [-0.2, -0.15) is 15.5 Å². The van der Waals surface area contributed by atoms with Gasteiger partial charge in [-0.3, -0.25) is 14.4 Å². The number of rotatable bonds is 3. The van der Waals surface area contributed by atoms with Gasteiger partial charge in [-0.05, 0) is 45.2 Å². The molecule has 0 aromatic carbocycles. The van der Waals surface area contributed by atoms with Gasteiger partial charge >= 0.3 is 0 Å². The van der Waals surface area contributed by atoms with Crippen molar-refractivity contribution in [3.8, 4) is 6.07 Å². The maximum Gasteiger partial charge on any atom is 0.236 e. The topological polar surface area (TPSA) is 85.7 Å². The summed E-state index contributed by atoms with van der Waals surface area (Å²) < 4.78 is 18.3. The lowest BCUT2D eigenvalue weighted by Crippen LogP contribution is -2.63. The number of amides is 1. The summed E-state index contributed by atoms with van der Waals surface area (Å²) in [5.74, 6) is -0.191. The van der Waals surface area contributed by atoms with Crippen molar-refractivity contribution in [1.82, 2.24) is 29.2 Å². The molecule has 37 heavy (non-hydrogen) atoms. The second-order valence-corrected chi connectivity index (χ2v) is 11.6. The number of aromatic nitrogens is 4. The predicted molar refractivity (Wildman–Crippen MR) is 134 cm³/mol. The molecule has 3 aromatic heterocycles. The van der Waals surface area contributed by atoms with Crippen molar-refractivity contribution < 1.29 is 9.18 Å². The van der Waals surface area contributed by atoms with Crippen LogP contribution in [0.3, 0.4) is 0 Å². The molecular formula is C27H31FN8O. The third-order valence-electron chi connectivity index (χ3n) is 9.13. The van der Waals surface area contributed by atoms with E-state index in [1.54, 1.807) is 6.07 Å². The molecule has 1 spiro atoms. The molecule has 1 amide bonds. The van der Waals surface area contributed by atoms with Gasteiger partial charge in [-0.1, -0.05) is 6.42 Å². The Hall–Kier alpha value is -3.45. The molecule has 3 aromatic rings. The number of nitriles is 1. The van der Waals surface area contributed by atoms with Crippen molar-refractivity contribution in [3.63, 3.8) is 0 Å². The van der Waals surface area contributed by atoms with Crippen LogP contribution < -0.4 is 4.90 Å². The zero-order valence-electron chi connectivity index (χ0n) is 21.3. The highest BCUT2D eigenvalue weighted by molar-refractivity contribution is 5.79. The smallest absolute Gasteiger partial charge is 0.236 e. The first-order valence-electron chi connectivity index (χ1n) is 13.3. The largest absolute Gasteiger partial charge is 0.362 e. The molecule has 0 radical (unpaired) electrons. The van der Waals surface area contributed by atoms with Crippen LogP contribution in [0, 0.1) is 22.6 Å². The SMILES string of the molecule is C[C@@H]1CN(c2ccc(C#N)n3ncc(F)c23)Cc2c3c(nn21)CN(CC(=O)N1CC2(CCC2)C1)[C@@H](C)C3. The van der Waals surface area contributed by atoms with Gasteiger partial charge in [0.2, 0.25) is 5.91 Å². The lowest BCUT2D eigenvalue weighted by molar-refractivity contribution is -0.151. The highest BCUT2D eigenvalue weighted by Gasteiger charge is 2.49. The van der Waals surface area contributed by atoms with E-state index in [-0.39, 0.29) is 18.0 Å².